The fraction of sp³-hybridized carbons (Fsp3) is 0.333. The van der Waals surface area contributed by atoms with Gasteiger partial charge in [0.2, 0.25) is 0 Å². The number of benzene rings is 1. The predicted molar refractivity (Wildman–Crippen MR) is 97.3 cm³/mol. The van der Waals surface area contributed by atoms with E-state index in [1.165, 1.54) is 6.33 Å². The first-order valence-corrected chi connectivity index (χ1v) is 8.36. The molecule has 4 rings (SSSR count). The molecule has 0 amide bonds. The topological polar surface area (TPSA) is 109 Å². The Bertz CT molecular complexity index is 876. The van der Waals surface area contributed by atoms with E-state index in [1.54, 1.807) is 0 Å². The van der Waals surface area contributed by atoms with Crippen LogP contribution in [-0.4, -0.2) is 20.6 Å². The van der Waals surface area contributed by atoms with E-state index >= 15 is 0 Å². The number of aromatic nitrogens is 3. The van der Waals surface area contributed by atoms with Gasteiger partial charge in [-0.1, -0.05) is 18.2 Å². The largest absolute Gasteiger partial charge is 0.398 e. The Hall–Kier alpha value is -2.60. The van der Waals surface area contributed by atoms with E-state index in [0.29, 0.717) is 17.9 Å². The fourth-order valence-corrected chi connectivity index (χ4v) is 3.71. The van der Waals surface area contributed by atoms with Gasteiger partial charge in [-0.25, -0.2) is 9.97 Å². The standard InChI is InChI=1S/C18H22N6/c19-11-5-7-12(8-6-11)24-9-14(13-3-1-2-4-15(13)20)16-17(21)22-10-23-18(16)24/h1-4,9-12H,5-8,19-20H2,(H2,21,22,23). The van der Waals surface area contributed by atoms with E-state index in [0.717, 1.165) is 53.5 Å². The molecule has 2 aromatic heterocycles. The minimum Gasteiger partial charge on any atom is -0.398 e. The molecule has 1 fully saturated rings. The maximum atomic E-state index is 6.19. The van der Waals surface area contributed by atoms with Crippen molar-refractivity contribution in [3.8, 4) is 11.1 Å². The molecule has 0 radical (unpaired) electrons. The van der Waals surface area contributed by atoms with Gasteiger partial charge < -0.3 is 21.8 Å². The van der Waals surface area contributed by atoms with Crippen LogP contribution in [0.2, 0.25) is 0 Å². The number of hydrogen-bond acceptors (Lipinski definition) is 5. The van der Waals surface area contributed by atoms with Crippen molar-refractivity contribution in [2.75, 3.05) is 11.5 Å². The molecule has 6 nitrogen and oxygen atoms in total. The number of para-hydroxylation sites is 1. The first-order chi connectivity index (χ1) is 11.6. The van der Waals surface area contributed by atoms with Crippen molar-refractivity contribution in [1.29, 1.82) is 0 Å². The number of nitrogens with two attached hydrogens (primary N) is 3. The third-order valence-electron chi connectivity index (χ3n) is 5.02. The molecule has 1 aliphatic carbocycles. The Morgan fingerprint density at radius 1 is 0.958 bits per heavy atom. The lowest BCUT2D eigenvalue weighted by Gasteiger charge is -2.27. The number of anilines is 2. The van der Waals surface area contributed by atoms with Gasteiger partial charge in [0, 0.05) is 35.1 Å². The zero-order valence-corrected chi connectivity index (χ0v) is 13.5. The fourth-order valence-electron chi connectivity index (χ4n) is 3.71. The lowest BCUT2D eigenvalue weighted by Crippen LogP contribution is -2.27. The third-order valence-corrected chi connectivity index (χ3v) is 5.02. The van der Waals surface area contributed by atoms with Crippen molar-refractivity contribution < 1.29 is 0 Å². The van der Waals surface area contributed by atoms with E-state index in [9.17, 15) is 0 Å². The zero-order valence-electron chi connectivity index (χ0n) is 13.5. The van der Waals surface area contributed by atoms with Crippen molar-refractivity contribution in [3.63, 3.8) is 0 Å². The van der Waals surface area contributed by atoms with Gasteiger partial charge in [-0.05, 0) is 31.7 Å². The molecule has 6 heteroatoms. The summed E-state index contributed by atoms with van der Waals surface area (Å²) in [4.78, 5) is 8.70. The highest BCUT2D eigenvalue weighted by atomic mass is 15.1. The quantitative estimate of drug-likeness (QED) is 0.629. The molecule has 0 atom stereocenters. The highest BCUT2D eigenvalue weighted by Gasteiger charge is 2.24. The van der Waals surface area contributed by atoms with Crippen LogP contribution in [0.4, 0.5) is 11.5 Å². The molecule has 6 N–H and O–H groups in total. The maximum Gasteiger partial charge on any atom is 0.146 e. The summed E-state index contributed by atoms with van der Waals surface area (Å²) < 4.78 is 2.24. The van der Waals surface area contributed by atoms with Gasteiger partial charge in [-0.2, -0.15) is 0 Å². The summed E-state index contributed by atoms with van der Waals surface area (Å²) >= 11 is 0. The summed E-state index contributed by atoms with van der Waals surface area (Å²) in [7, 11) is 0. The Morgan fingerprint density at radius 3 is 2.46 bits per heavy atom. The molecule has 2 heterocycles. The van der Waals surface area contributed by atoms with Gasteiger partial charge in [-0.3, -0.25) is 0 Å². The van der Waals surface area contributed by atoms with Crippen LogP contribution in [0, 0.1) is 0 Å². The van der Waals surface area contributed by atoms with Gasteiger partial charge in [0.05, 0.1) is 5.39 Å². The molecule has 1 aliphatic rings. The number of fused-ring (bicyclic) bond motifs is 1. The lowest BCUT2D eigenvalue weighted by atomic mass is 9.92. The Kier molecular flexibility index (Phi) is 3.61. The molecule has 3 aromatic rings. The molecular formula is C18H22N6. The predicted octanol–water partition coefficient (Wildman–Crippen LogP) is 2.71. The average Bonchev–Trinajstić information content (AvgIpc) is 2.97. The number of nitrogen functional groups attached to an aromatic ring is 2. The average molecular weight is 322 g/mol. The minimum absolute atomic E-state index is 0.312. The van der Waals surface area contributed by atoms with E-state index in [2.05, 4.69) is 20.7 Å². The highest BCUT2D eigenvalue weighted by Crippen LogP contribution is 2.39. The van der Waals surface area contributed by atoms with Crippen LogP contribution in [0.3, 0.4) is 0 Å². The molecule has 1 saturated carbocycles. The third kappa shape index (κ3) is 2.39. The normalized spacial score (nSPS) is 21.2. The van der Waals surface area contributed by atoms with Crippen LogP contribution in [0.25, 0.3) is 22.2 Å². The Morgan fingerprint density at radius 2 is 1.71 bits per heavy atom. The second-order valence-corrected chi connectivity index (χ2v) is 6.56. The maximum absolute atomic E-state index is 6.19. The second kappa shape index (κ2) is 5.79. The van der Waals surface area contributed by atoms with E-state index in [-0.39, 0.29) is 0 Å². The molecule has 0 spiro atoms. The number of hydrogen-bond donors (Lipinski definition) is 3. The zero-order chi connectivity index (χ0) is 16.7. The summed E-state index contributed by atoms with van der Waals surface area (Å²) in [6, 6.07) is 8.53. The van der Waals surface area contributed by atoms with Crippen molar-refractivity contribution in [1.82, 2.24) is 14.5 Å². The van der Waals surface area contributed by atoms with Crippen LogP contribution < -0.4 is 17.2 Å². The Balaban J connectivity index is 1.91. The highest BCUT2D eigenvalue weighted by molar-refractivity contribution is 6.02. The van der Waals surface area contributed by atoms with Crippen LogP contribution in [0.5, 0.6) is 0 Å². The molecular weight excluding hydrogens is 300 g/mol. The van der Waals surface area contributed by atoms with Crippen LogP contribution >= 0.6 is 0 Å². The smallest absolute Gasteiger partial charge is 0.146 e. The number of nitrogens with zero attached hydrogens (tertiary/aromatic N) is 3. The minimum atomic E-state index is 0.312. The van der Waals surface area contributed by atoms with Crippen molar-refractivity contribution in [2.45, 2.75) is 37.8 Å². The first-order valence-electron chi connectivity index (χ1n) is 8.36. The summed E-state index contributed by atoms with van der Waals surface area (Å²) in [5, 5.41) is 0.880. The van der Waals surface area contributed by atoms with E-state index < -0.39 is 0 Å². The summed E-state index contributed by atoms with van der Waals surface area (Å²) in [5.74, 6) is 0.490. The Labute approximate surface area is 140 Å². The number of rotatable bonds is 2. The van der Waals surface area contributed by atoms with Gasteiger partial charge in [0.25, 0.3) is 0 Å². The van der Waals surface area contributed by atoms with Crippen molar-refractivity contribution in [2.24, 2.45) is 5.73 Å². The second-order valence-electron chi connectivity index (χ2n) is 6.56. The van der Waals surface area contributed by atoms with Crippen LogP contribution in [0.15, 0.2) is 36.8 Å². The molecule has 124 valence electrons. The monoisotopic (exact) mass is 322 g/mol. The SMILES string of the molecule is Nc1ccccc1-c1cn(C2CCC(N)CC2)c2ncnc(N)c12. The molecule has 0 aliphatic heterocycles. The molecule has 24 heavy (non-hydrogen) atoms. The molecule has 0 saturated heterocycles. The molecule has 0 bridgehead atoms. The van der Waals surface area contributed by atoms with E-state index in [1.807, 2.05) is 24.3 Å². The molecule has 0 unspecified atom stereocenters. The summed E-state index contributed by atoms with van der Waals surface area (Å²) in [5.41, 5.74) is 22.0. The van der Waals surface area contributed by atoms with Gasteiger partial charge in [-0.15, -0.1) is 0 Å². The summed E-state index contributed by atoms with van der Waals surface area (Å²) in [6.07, 6.45) is 7.84. The van der Waals surface area contributed by atoms with Crippen LogP contribution in [0.1, 0.15) is 31.7 Å². The van der Waals surface area contributed by atoms with Crippen LogP contribution in [-0.2, 0) is 0 Å². The van der Waals surface area contributed by atoms with Gasteiger partial charge in [0.1, 0.15) is 17.8 Å². The summed E-state index contributed by atoms with van der Waals surface area (Å²) in [6.45, 7) is 0. The van der Waals surface area contributed by atoms with E-state index in [4.69, 9.17) is 17.2 Å². The van der Waals surface area contributed by atoms with Gasteiger partial charge in [0.15, 0.2) is 0 Å². The van der Waals surface area contributed by atoms with Gasteiger partial charge >= 0.3 is 0 Å². The molecule has 1 aromatic carbocycles. The lowest BCUT2D eigenvalue weighted by molar-refractivity contribution is 0.329. The van der Waals surface area contributed by atoms with Crippen molar-refractivity contribution in [3.05, 3.63) is 36.8 Å². The first kappa shape index (κ1) is 15.0. The van der Waals surface area contributed by atoms with Crippen molar-refractivity contribution >= 4 is 22.5 Å².